The lowest BCUT2D eigenvalue weighted by Crippen LogP contribution is -2.08. The molecule has 0 amide bonds. The summed E-state index contributed by atoms with van der Waals surface area (Å²) < 4.78 is 2.15. The van der Waals surface area contributed by atoms with Crippen LogP contribution in [0.15, 0.2) is 36.1 Å². The first-order chi connectivity index (χ1) is 15.0. The second kappa shape index (κ2) is 15.9. The highest BCUT2D eigenvalue weighted by molar-refractivity contribution is 6.37. The Hall–Kier alpha value is -2.86. The minimum absolute atomic E-state index is 0.420. The third kappa shape index (κ3) is 7.40. The van der Waals surface area contributed by atoms with Gasteiger partial charge in [-0.25, -0.2) is 0 Å². The van der Waals surface area contributed by atoms with Crippen molar-refractivity contribution in [3.8, 4) is 0 Å². The van der Waals surface area contributed by atoms with E-state index in [9.17, 15) is 14.4 Å². The number of pyridine rings is 1. The lowest BCUT2D eigenvalue weighted by Gasteiger charge is -2.11. The van der Waals surface area contributed by atoms with Gasteiger partial charge >= 0.3 is 0 Å². The fourth-order valence-electron chi connectivity index (χ4n) is 3.35. The van der Waals surface area contributed by atoms with Gasteiger partial charge in [0.15, 0.2) is 6.29 Å². The summed E-state index contributed by atoms with van der Waals surface area (Å²) >= 11 is 0. The Kier molecular flexibility index (Phi) is 14.4. The van der Waals surface area contributed by atoms with Gasteiger partial charge in [-0.05, 0) is 38.3 Å². The second-order valence-electron chi connectivity index (χ2n) is 6.58. The average Bonchev–Trinajstić information content (AvgIpc) is 3.14. The summed E-state index contributed by atoms with van der Waals surface area (Å²) in [7, 11) is 1.00. The number of Topliss-reactive ketones (excluding diaryl/α,β-unsaturated/α-hetero) is 1. The molecule has 6 nitrogen and oxygen atoms in total. The molecule has 0 saturated carbocycles. The number of nitrogens with zero attached hydrogens (tertiary/aromatic N) is 2. The van der Waals surface area contributed by atoms with Crippen molar-refractivity contribution in [1.82, 2.24) is 9.55 Å². The SMILES string of the molecule is C/C=C\C(=C/C)Cn1c(CC)c(C(=O)C=O)c2c(CCC)nccc21.CCC=O.CO. The molecule has 2 aromatic heterocycles. The molecule has 170 valence electrons. The molecule has 0 saturated heterocycles. The van der Waals surface area contributed by atoms with E-state index >= 15 is 0 Å². The van der Waals surface area contributed by atoms with Crippen LogP contribution in [0.2, 0.25) is 0 Å². The van der Waals surface area contributed by atoms with E-state index in [0.29, 0.717) is 31.2 Å². The number of aliphatic hydroxyl groups is 1. The number of rotatable bonds is 9. The van der Waals surface area contributed by atoms with E-state index in [-0.39, 0.29) is 0 Å². The van der Waals surface area contributed by atoms with Gasteiger partial charge in [-0.15, -0.1) is 0 Å². The van der Waals surface area contributed by atoms with E-state index in [2.05, 4.69) is 28.6 Å². The van der Waals surface area contributed by atoms with E-state index in [0.717, 1.165) is 54.1 Å². The van der Waals surface area contributed by atoms with Crippen molar-refractivity contribution in [2.45, 2.75) is 66.8 Å². The number of fused-ring (bicyclic) bond motifs is 1. The van der Waals surface area contributed by atoms with Crippen LogP contribution in [0.4, 0.5) is 0 Å². The maximum absolute atomic E-state index is 12.4. The van der Waals surface area contributed by atoms with Crippen molar-refractivity contribution < 1.29 is 19.5 Å². The van der Waals surface area contributed by atoms with Crippen molar-refractivity contribution in [1.29, 1.82) is 0 Å². The Morgan fingerprint density at radius 2 is 1.81 bits per heavy atom. The number of aldehydes is 2. The summed E-state index contributed by atoms with van der Waals surface area (Å²) in [4.78, 5) is 37.4. The average molecular weight is 429 g/mol. The highest BCUT2D eigenvalue weighted by Gasteiger charge is 2.23. The first-order valence-electron chi connectivity index (χ1n) is 10.7. The molecule has 0 atom stereocenters. The van der Waals surface area contributed by atoms with Gasteiger partial charge in [-0.3, -0.25) is 14.6 Å². The van der Waals surface area contributed by atoms with Crippen LogP contribution in [0.3, 0.4) is 0 Å². The number of aromatic nitrogens is 2. The third-order valence-electron chi connectivity index (χ3n) is 4.60. The number of aryl methyl sites for hydroxylation is 1. The number of allylic oxidation sites excluding steroid dienone is 4. The van der Waals surface area contributed by atoms with Crippen molar-refractivity contribution in [2.24, 2.45) is 0 Å². The predicted octanol–water partition coefficient (Wildman–Crippen LogP) is 4.66. The number of ketones is 1. The van der Waals surface area contributed by atoms with Crippen LogP contribution in [0.25, 0.3) is 10.9 Å². The lowest BCUT2D eigenvalue weighted by atomic mass is 10.0. The molecule has 0 aliphatic heterocycles. The highest BCUT2D eigenvalue weighted by atomic mass is 16.2. The van der Waals surface area contributed by atoms with Crippen molar-refractivity contribution in [2.75, 3.05) is 7.11 Å². The zero-order valence-electron chi connectivity index (χ0n) is 19.6. The van der Waals surface area contributed by atoms with Crippen molar-refractivity contribution in [3.05, 3.63) is 53.0 Å². The molecule has 0 radical (unpaired) electrons. The standard InChI is InChI=1S/C21H26N2O2.C3H6O.CH4O/c1-5-9-15(7-3)13-23-17(8-4)21(19(25)14-24)20-16(10-6-2)22-12-11-18(20)23;1-2-3-4;1-2/h5,7,9,11-12,14H,6,8,10,13H2,1-4H3;3H,2H2,1H3;2H,1H3/b9-5-,15-7+;;. The minimum atomic E-state index is -0.459. The van der Waals surface area contributed by atoms with Crippen LogP contribution in [-0.2, 0) is 29.0 Å². The maximum Gasteiger partial charge on any atom is 0.227 e. The second-order valence-corrected chi connectivity index (χ2v) is 6.58. The summed E-state index contributed by atoms with van der Waals surface area (Å²) in [5.41, 5.74) is 4.46. The van der Waals surface area contributed by atoms with Crippen LogP contribution in [-0.4, -0.2) is 40.1 Å². The fourth-order valence-corrected chi connectivity index (χ4v) is 3.35. The van der Waals surface area contributed by atoms with Gasteiger partial charge in [0.2, 0.25) is 5.78 Å². The monoisotopic (exact) mass is 428 g/mol. The number of carbonyl (C=O) groups is 3. The van der Waals surface area contributed by atoms with E-state index < -0.39 is 5.78 Å². The quantitative estimate of drug-likeness (QED) is 0.272. The van der Waals surface area contributed by atoms with E-state index in [1.54, 1.807) is 6.20 Å². The summed E-state index contributed by atoms with van der Waals surface area (Å²) in [6.07, 6.45) is 12.3. The first kappa shape index (κ1) is 28.1. The molecule has 2 rings (SSSR count). The molecule has 6 heteroatoms. The molecule has 2 aromatic rings. The number of carbonyl (C=O) groups excluding carboxylic acids is 3. The van der Waals surface area contributed by atoms with Gasteiger partial charge in [0.25, 0.3) is 0 Å². The molecule has 0 spiro atoms. The van der Waals surface area contributed by atoms with Crippen LogP contribution in [0, 0.1) is 0 Å². The fraction of sp³-hybridized carbons (Fsp3) is 0.440. The Morgan fingerprint density at radius 3 is 2.26 bits per heavy atom. The normalized spacial score (nSPS) is 10.9. The highest BCUT2D eigenvalue weighted by Crippen LogP contribution is 2.30. The number of hydrogen-bond acceptors (Lipinski definition) is 5. The molecule has 0 aromatic carbocycles. The topological polar surface area (TPSA) is 89.3 Å². The maximum atomic E-state index is 12.4. The van der Waals surface area contributed by atoms with Gasteiger partial charge in [0, 0.05) is 37.4 Å². The van der Waals surface area contributed by atoms with Gasteiger partial charge in [0.1, 0.15) is 6.29 Å². The minimum Gasteiger partial charge on any atom is -0.400 e. The molecule has 2 heterocycles. The number of hydrogen-bond donors (Lipinski definition) is 1. The van der Waals surface area contributed by atoms with Crippen LogP contribution in [0.1, 0.15) is 69.2 Å². The lowest BCUT2D eigenvalue weighted by molar-refractivity contribution is -0.107. The largest absolute Gasteiger partial charge is 0.400 e. The smallest absolute Gasteiger partial charge is 0.227 e. The van der Waals surface area contributed by atoms with E-state index in [4.69, 9.17) is 5.11 Å². The molecular formula is C25H36N2O4. The molecule has 0 fully saturated rings. The zero-order valence-corrected chi connectivity index (χ0v) is 19.6. The molecule has 0 aliphatic carbocycles. The third-order valence-corrected chi connectivity index (χ3v) is 4.60. The van der Waals surface area contributed by atoms with Gasteiger partial charge in [-0.1, -0.05) is 45.4 Å². The Balaban J connectivity index is 0.00000134. The Bertz CT molecular complexity index is 908. The molecular weight excluding hydrogens is 392 g/mol. The van der Waals surface area contributed by atoms with E-state index in [1.807, 2.05) is 39.8 Å². The van der Waals surface area contributed by atoms with Gasteiger partial charge in [-0.2, -0.15) is 0 Å². The number of aliphatic hydroxyl groups excluding tert-OH is 1. The Morgan fingerprint density at radius 1 is 1.16 bits per heavy atom. The summed E-state index contributed by atoms with van der Waals surface area (Å²) in [5.74, 6) is -0.459. The Labute approximate surface area is 185 Å². The van der Waals surface area contributed by atoms with Gasteiger partial charge in [0.05, 0.1) is 16.8 Å². The summed E-state index contributed by atoms with van der Waals surface area (Å²) in [5, 5.41) is 7.84. The van der Waals surface area contributed by atoms with Crippen molar-refractivity contribution in [3.63, 3.8) is 0 Å². The van der Waals surface area contributed by atoms with Crippen LogP contribution < -0.4 is 0 Å². The van der Waals surface area contributed by atoms with Crippen LogP contribution >= 0.6 is 0 Å². The molecule has 1 N–H and O–H groups in total. The summed E-state index contributed by atoms with van der Waals surface area (Å²) in [6.45, 7) is 10.6. The molecule has 31 heavy (non-hydrogen) atoms. The van der Waals surface area contributed by atoms with Gasteiger partial charge < -0.3 is 14.5 Å². The predicted molar refractivity (Wildman–Crippen MR) is 127 cm³/mol. The van der Waals surface area contributed by atoms with Crippen molar-refractivity contribution >= 4 is 29.3 Å². The zero-order chi connectivity index (χ0) is 23.8. The molecule has 0 bridgehead atoms. The van der Waals surface area contributed by atoms with Crippen LogP contribution in [0.5, 0.6) is 0 Å². The molecule has 0 unspecified atom stereocenters. The summed E-state index contributed by atoms with van der Waals surface area (Å²) in [6, 6.07) is 1.94. The van der Waals surface area contributed by atoms with E-state index in [1.165, 1.54) is 0 Å². The molecule has 0 aliphatic rings. The first-order valence-corrected chi connectivity index (χ1v) is 10.7.